The van der Waals surface area contributed by atoms with E-state index in [1.54, 1.807) is 0 Å². The summed E-state index contributed by atoms with van der Waals surface area (Å²) < 4.78 is 1.12. The van der Waals surface area contributed by atoms with Crippen molar-refractivity contribution >= 4 is 15.9 Å². The molecule has 128 valence electrons. The highest BCUT2D eigenvalue weighted by Crippen LogP contribution is 2.13. The minimum Gasteiger partial charge on any atom is -0.331 e. The van der Waals surface area contributed by atoms with Gasteiger partial charge in [0.1, 0.15) is 0 Å². The van der Waals surface area contributed by atoms with Crippen LogP contribution in [0.1, 0.15) is 89.9 Å². The summed E-state index contributed by atoms with van der Waals surface area (Å²) >= 11 is 3.49. The second kappa shape index (κ2) is 15.3. The summed E-state index contributed by atoms with van der Waals surface area (Å²) in [5.74, 6) is 0. The van der Waals surface area contributed by atoms with Gasteiger partial charge in [-0.2, -0.15) is 0 Å². The normalized spacial score (nSPS) is 12.0. The second-order valence-corrected chi connectivity index (χ2v) is 8.45. The van der Waals surface area contributed by atoms with Gasteiger partial charge in [0.05, 0.1) is 27.7 Å². The van der Waals surface area contributed by atoms with Gasteiger partial charge in [0, 0.05) is 5.33 Å². The number of hydrogen-bond acceptors (Lipinski definition) is 0. The van der Waals surface area contributed by atoms with Crippen LogP contribution in [-0.4, -0.2) is 37.5 Å². The molecule has 0 aromatic heterocycles. The predicted molar refractivity (Wildman–Crippen MR) is 101 cm³/mol. The smallest absolute Gasteiger partial charge is 0.0780 e. The molecule has 0 atom stereocenters. The van der Waals surface area contributed by atoms with Crippen molar-refractivity contribution in [3.05, 3.63) is 0 Å². The van der Waals surface area contributed by atoms with Crippen molar-refractivity contribution in [1.82, 2.24) is 0 Å². The van der Waals surface area contributed by atoms with Crippen molar-refractivity contribution < 1.29 is 4.48 Å². The standard InChI is InChI=1S/C19H41BrN/c1-21(2,3)19-17-15-13-11-9-7-5-4-6-8-10-12-14-16-18-20/h4-19H2,1-3H3/q+1. The maximum atomic E-state index is 3.49. The number of quaternary nitrogens is 1. The predicted octanol–water partition coefficient (Wildman–Crippen LogP) is 6.55. The molecule has 0 N–H and O–H groups in total. The van der Waals surface area contributed by atoms with E-state index in [0.29, 0.717) is 0 Å². The molecule has 0 aromatic rings. The number of hydrogen-bond donors (Lipinski definition) is 0. The van der Waals surface area contributed by atoms with Gasteiger partial charge < -0.3 is 4.48 Å². The Kier molecular flexibility index (Phi) is 15.7. The maximum Gasteiger partial charge on any atom is 0.0780 e. The molecule has 0 unspecified atom stereocenters. The first kappa shape index (κ1) is 21.4. The van der Waals surface area contributed by atoms with E-state index in [0.717, 1.165) is 4.48 Å². The van der Waals surface area contributed by atoms with Gasteiger partial charge in [0.25, 0.3) is 0 Å². The molecule has 0 rings (SSSR count). The quantitative estimate of drug-likeness (QED) is 0.166. The van der Waals surface area contributed by atoms with Crippen LogP contribution in [0.15, 0.2) is 0 Å². The van der Waals surface area contributed by atoms with E-state index in [4.69, 9.17) is 0 Å². The average Bonchev–Trinajstić information content (AvgIpc) is 2.42. The molecule has 0 aliphatic carbocycles. The van der Waals surface area contributed by atoms with Crippen molar-refractivity contribution in [2.75, 3.05) is 33.0 Å². The molecule has 0 heterocycles. The van der Waals surface area contributed by atoms with E-state index in [-0.39, 0.29) is 0 Å². The molecule has 1 nitrogen and oxygen atoms in total. The fraction of sp³-hybridized carbons (Fsp3) is 1.00. The molecule has 0 spiro atoms. The molecule has 0 saturated heterocycles. The summed E-state index contributed by atoms with van der Waals surface area (Å²) in [5, 5.41) is 1.18. The van der Waals surface area contributed by atoms with Crippen molar-refractivity contribution in [3.63, 3.8) is 0 Å². The molecule has 0 aromatic carbocycles. The highest BCUT2D eigenvalue weighted by atomic mass is 79.9. The zero-order valence-electron chi connectivity index (χ0n) is 15.1. The average molecular weight is 363 g/mol. The Hall–Kier alpha value is 0.440. The summed E-state index contributed by atoms with van der Waals surface area (Å²) in [6, 6.07) is 0. The van der Waals surface area contributed by atoms with Crippen LogP contribution in [0.2, 0.25) is 0 Å². The molecular weight excluding hydrogens is 322 g/mol. The zero-order valence-corrected chi connectivity index (χ0v) is 16.7. The van der Waals surface area contributed by atoms with Gasteiger partial charge in [-0.1, -0.05) is 86.6 Å². The first-order chi connectivity index (χ1) is 10.1. The van der Waals surface area contributed by atoms with Gasteiger partial charge in [-0.3, -0.25) is 0 Å². The Bertz CT molecular complexity index is 198. The molecule has 0 bridgehead atoms. The van der Waals surface area contributed by atoms with Crippen LogP contribution < -0.4 is 0 Å². The summed E-state index contributed by atoms with van der Waals surface area (Å²) in [5.41, 5.74) is 0. The monoisotopic (exact) mass is 362 g/mol. The largest absolute Gasteiger partial charge is 0.331 e. The molecule has 0 aliphatic rings. The van der Waals surface area contributed by atoms with Crippen LogP contribution in [0.4, 0.5) is 0 Å². The number of alkyl halides is 1. The lowest BCUT2D eigenvalue weighted by Crippen LogP contribution is -2.35. The molecule has 2 heteroatoms. The fourth-order valence-electron chi connectivity index (χ4n) is 2.80. The van der Waals surface area contributed by atoms with E-state index >= 15 is 0 Å². The topological polar surface area (TPSA) is 0 Å². The van der Waals surface area contributed by atoms with Gasteiger partial charge in [-0.25, -0.2) is 0 Å². The second-order valence-electron chi connectivity index (χ2n) is 7.65. The Labute approximate surface area is 143 Å². The van der Waals surface area contributed by atoms with Crippen molar-refractivity contribution in [2.45, 2.75) is 89.9 Å². The van der Waals surface area contributed by atoms with Gasteiger partial charge in [-0.05, 0) is 19.3 Å². The van der Waals surface area contributed by atoms with Crippen LogP contribution in [0.3, 0.4) is 0 Å². The minimum absolute atomic E-state index is 1.12. The minimum atomic E-state index is 1.12. The van der Waals surface area contributed by atoms with E-state index in [9.17, 15) is 0 Å². The molecular formula is C19H41BrN+. The van der Waals surface area contributed by atoms with Gasteiger partial charge in [-0.15, -0.1) is 0 Å². The Morgan fingerprint density at radius 3 is 1.05 bits per heavy atom. The van der Waals surface area contributed by atoms with E-state index in [1.165, 1.54) is 102 Å². The van der Waals surface area contributed by atoms with Crippen molar-refractivity contribution in [3.8, 4) is 0 Å². The SMILES string of the molecule is C[N+](C)(C)CCCCCCCCCCCCCCCCBr. The molecule has 0 aliphatic heterocycles. The van der Waals surface area contributed by atoms with Crippen LogP contribution in [0.5, 0.6) is 0 Å². The highest BCUT2D eigenvalue weighted by Gasteiger charge is 2.04. The maximum absolute atomic E-state index is 3.49. The number of nitrogens with zero attached hydrogens (tertiary/aromatic N) is 1. The lowest BCUT2D eigenvalue weighted by Gasteiger charge is -2.23. The summed E-state index contributed by atoms with van der Waals surface area (Å²) in [7, 11) is 6.88. The first-order valence-corrected chi connectivity index (χ1v) is 10.5. The number of halogens is 1. The van der Waals surface area contributed by atoms with Gasteiger partial charge in [0.2, 0.25) is 0 Å². The Balaban J connectivity index is 3.00. The molecule has 0 amide bonds. The molecule has 0 saturated carbocycles. The van der Waals surface area contributed by atoms with Crippen LogP contribution in [0.25, 0.3) is 0 Å². The third-order valence-electron chi connectivity index (χ3n) is 4.21. The van der Waals surface area contributed by atoms with E-state index < -0.39 is 0 Å². The molecule has 0 fully saturated rings. The van der Waals surface area contributed by atoms with Gasteiger partial charge in [0.15, 0.2) is 0 Å². The van der Waals surface area contributed by atoms with E-state index in [1.807, 2.05) is 0 Å². The summed E-state index contributed by atoms with van der Waals surface area (Å²) in [6.07, 6.45) is 20.2. The van der Waals surface area contributed by atoms with Crippen LogP contribution in [0, 0.1) is 0 Å². The Morgan fingerprint density at radius 1 is 0.476 bits per heavy atom. The molecule has 0 radical (unpaired) electrons. The third kappa shape index (κ3) is 20.4. The van der Waals surface area contributed by atoms with Gasteiger partial charge >= 0.3 is 0 Å². The third-order valence-corrected chi connectivity index (χ3v) is 4.77. The van der Waals surface area contributed by atoms with Crippen LogP contribution >= 0.6 is 15.9 Å². The number of unbranched alkanes of at least 4 members (excludes halogenated alkanes) is 13. The lowest BCUT2D eigenvalue weighted by atomic mass is 10.0. The highest BCUT2D eigenvalue weighted by molar-refractivity contribution is 9.09. The van der Waals surface area contributed by atoms with E-state index in [2.05, 4.69) is 37.1 Å². The van der Waals surface area contributed by atoms with Crippen molar-refractivity contribution in [1.29, 1.82) is 0 Å². The zero-order chi connectivity index (χ0) is 15.8. The Morgan fingerprint density at radius 2 is 0.762 bits per heavy atom. The lowest BCUT2D eigenvalue weighted by molar-refractivity contribution is -0.870. The summed E-state index contributed by atoms with van der Waals surface area (Å²) in [4.78, 5) is 0. The van der Waals surface area contributed by atoms with Crippen LogP contribution in [-0.2, 0) is 0 Å². The fourth-order valence-corrected chi connectivity index (χ4v) is 3.20. The molecule has 21 heavy (non-hydrogen) atoms. The van der Waals surface area contributed by atoms with Crippen molar-refractivity contribution in [2.24, 2.45) is 0 Å². The first-order valence-electron chi connectivity index (χ1n) is 9.43. The summed E-state index contributed by atoms with van der Waals surface area (Å²) in [6.45, 7) is 1.33. The number of rotatable bonds is 16.